The molecular weight excluding hydrogens is 198 g/mol. The molecule has 0 amide bonds. The fraction of sp³-hybridized carbons (Fsp3) is 0.769. The van der Waals surface area contributed by atoms with E-state index in [1.54, 1.807) is 0 Å². The molecule has 0 aliphatic heterocycles. The highest BCUT2D eigenvalue weighted by atomic mass is 15.3. The van der Waals surface area contributed by atoms with E-state index in [1.807, 2.05) is 0 Å². The second-order valence-corrected chi connectivity index (χ2v) is 4.82. The van der Waals surface area contributed by atoms with Gasteiger partial charge in [-0.1, -0.05) is 19.8 Å². The molecule has 0 aromatic carbocycles. The Bertz CT molecular complexity index is 319. The molecule has 1 aromatic rings. The first-order valence-corrected chi connectivity index (χ1v) is 6.54. The summed E-state index contributed by atoms with van der Waals surface area (Å²) in [6.07, 6.45) is 10.8. The third-order valence-corrected chi connectivity index (χ3v) is 3.67. The maximum atomic E-state index is 4.44. The second-order valence-electron chi connectivity index (χ2n) is 4.82. The average Bonchev–Trinajstić information content (AvgIpc) is 2.78. The molecule has 90 valence electrons. The summed E-state index contributed by atoms with van der Waals surface area (Å²) < 4.78 is 2.08. The van der Waals surface area contributed by atoms with Crippen LogP contribution < -0.4 is 5.32 Å². The summed E-state index contributed by atoms with van der Waals surface area (Å²) in [6, 6.07) is 0.646. The molecule has 1 fully saturated rings. The molecule has 2 rings (SSSR count). The van der Waals surface area contributed by atoms with Gasteiger partial charge in [0.05, 0.1) is 6.20 Å². The zero-order valence-corrected chi connectivity index (χ0v) is 10.4. The van der Waals surface area contributed by atoms with Crippen molar-refractivity contribution in [1.82, 2.24) is 15.1 Å². The molecule has 1 aliphatic rings. The molecule has 16 heavy (non-hydrogen) atoms. The minimum absolute atomic E-state index is 0.646. The van der Waals surface area contributed by atoms with Crippen LogP contribution in [-0.4, -0.2) is 22.9 Å². The van der Waals surface area contributed by atoms with Crippen molar-refractivity contribution < 1.29 is 0 Å². The van der Waals surface area contributed by atoms with Crippen molar-refractivity contribution >= 4 is 0 Å². The van der Waals surface area contributed by atoms with Gasteiger partial charge in [-0.05, 0) is 31.9 Å². The van der Waals surface area contributed by atoms with E-state index in [4.69, 9.17) is 0 Å². The van der Waals surface area contributed by atoms with E-state index >= 15 is 0 Å². The molecule has 3 nitrogen and oxygen atoms in total. The lowest BCUT2D eigenvalue weighted by molar-refractivity contribution is 0.344. The van der Waals surface area contributed by atoms with Crippen LogP contribution in [0.15, 0.2) is 12.4 Å². The first-order chi connectivity index (χ1) is 7.85. The Morgan fingerprint density at radius 3 is 3.00 bits per heavy atom. The Morgan fingerprint density at radius 1 is 1.44 bits per heavy atom. The summed E-state index contributed by atoms with van der Waals surface area (Å²) in [7, 11) is 2.08. The standard InChI is InChI=1S/C13H23N3/c1-3-8-16-10-11(9-15-16)12-6-4-5-7-13(12)14-2/h9-10,12-14H,3-8H2,1-2H3. The SMILES string of the molecule is CCCn1cc(C2CCCCC2NC)cn1. The van der Waals surface area contributed by atoms with Gasteiger partial charge in [0.2, 0.25) is 0 Å². The number of aryl methyl sites for hydroxylation is 1. The fourth-order valence-corrected chi connectivity index (χ4v) is 2.80. The molecule has 1 aliphatic carbocycles. The van der Waals surface area contributed by atoms with Crippen molar-refractivity contribution in [3.05, 3.63) is 18.0 Å². The van der Waals surface area contributed by atoms with Gasteiger partial charge in [0, 0.05) is 24.7 Å². The van der Waals surface area contributed by atoms with Gasteiger partial charge in [0.25, 0.3) is 0 Å². The summed E-state index contributed by atoms with van der Waals surface area (Å²) in [6.45, 7) is 3.23. The Labute approximate surface area is 98.2 Å². The molecule has 0 saturated heterocycles. The van der Waals surface area contributed by atoms with E-state index in [2.05, 4.69) is 41.5 Å². The molecule has 0 spiro atoms. The first kappa shape index (κ1) is 11.6. The van der Waals surface area contributed by atoms with Crippen LogP contribution >= 0.6 is 0 Å². The molecule has 1 aromatic heterocycles. The molecule has 3 heteroatoms. The smallest absolute Gasteiger partial charge is 0.0525 e. The van der Waals surface area contributed by atoms with E-state index in [9.17, 15) is 0 Å². The summed E-state index contributed by atoms with van der Waals surface area (Å²) in [5, 5.41) is 7.90. The van der Waals surface area contributed by atoms with Crippen LogP contribution in [-0.2, 0) is 6.54 Å². The maximum Gasteiger partial charge on any atom is 0.0525 e. The van der Waals surface area contributed by atoms with Gasteiger partial charge in [-0.25, -0.2) is 0 Å². The van der Waals surface area contributed by atoms with E-state index in [0.717, 1.165) is 13.0 Å². The van der Waals surface area contributed by atoms with E-state index < -0.39 is 0 Å². The highest BCUT2D eigenvalue weighted by Crippen LogP contribution is 2.32. The molecule has 2 unspecified atom stereocenters. The van der Waals surface area contributed by atoms with Crippen molar-refractivity contribution in [2.75, 3.05) is 7.05 Å². The number of aromatic nitrogens is 2. The van der Waals surface area contributed by atoms with Gasteiger partial charge in [-0.3, -0.25) is 4.68 Å². The van der Waals surface area contributed by atoms with Gasteiger partial charge < -0.3 is 5.32 Å². The molecule has 0 radical (unpaired) electrons. The van der Waals surface area contributed by atoms with Gasteiger partial charge in [-0.15, -0.1) is 0 Å². The molecule has 0 bridgehead atoms. The molecule has 2 atom stereocenters. The van der Waals surface area contributed by atoms with Crippen molar-refractivity contribution in [3.63, 3.8) is 0 Å². The largest absolute Gasteiger partial charge is 0.316 e. The number of likely N-dealkylation sites (N-methyl/N-ethyl adjacent to an activating group) is 1. The fourth-order valence-electron chi connectivity index (χ4n) is 2.80. The Morgan fingerprint density at radius 2 is 2.25 bits per heavy atom. The quantitative estimate of drug-likeness (QED) is 0.846. The minimum atomic E-state index is 0.646. The second kappa shape index (κ2) is 5.48. The molecular formula is C13H23N3. The van der Waals surface area contributed by atoms with Crippen LogP contribution in [0.5, 0.6) is 0 Å². The van der Waals surface area contributed by atoms with Crippen molar-refractivity contribution in [2.24, 2.45) is 0 Å². The first-order valence-electron chi connectivity index (χ1n) is 6.54. The Hall–Kier alpha value is -0.830. The number of nitrogens with one attached hydrogen (secondary N) is 1. The highest BCUT2D eigenvalue weighted by Gasteiger charge is 2.25. The third kappa shape index (κ3) is 2.46. The van der Waals surface area contributed by atoms with Crippen LogP contribution in [0.3, 0.4) is 0 Å². The van der Waals surface area contributed by atoms with Crippen LogP contribution in [0.1, 0.15) is 50.5 Å². The van der Waals surface area contributed by atoms with E-state index in [1.165, 1.54) is 31.2 Å². The lowest BCUT2D eigenvalue weighted by Crippen LogP contribution is -2.34. The predicted octanol–water partition coefficient (Wildman–Crippen LogP) is 2.54. The summed E-state index contributed by atoms with van der Waals surface area (Å²) >= 11 is 0. The summed E-state index contributed by atoms with van der Waals surface area (Å²) in [5.74, 6) is 0.671. The summed E-state index contributed by atoms with van der Waals surface area (Å²) in [4.78, 5) is 0. The predicted molar refractivity (Wildman–Crippen MR) is 66.6 cm³/mol. The lowest BCUT2D eigenvalue weighted by Gasteiger charge is -2.30. The van der Waals surface area contributed by atoms with Crippen molar-refractivity contribution in [3.8, 4) is 0 Å². The topological polar surface area (TPSA) is 29.9 Å². The van der Waals surface area contributed by atoms with Gasteiger partial charge in [0.1, 0.15) is 0 Å². The van der Waals surface area contributed by atoms with E-state index in [-0.39, 0.29) is 0 Å². The van der Waals surface area contributed by atoms with E-state index in [0.29, 0.717) is 12.0 Å². The zero-order valence-electron chi connectivity index (χ0n) is 10.4. The van der Waals surface area contributed by atoms with Crippen LogP contribution in [0.2, 0.25) is 0 Å². The lowest BCUT2D eigenvalue weighted by atomic mass is 9.81. The Kier molecular flexibility index (Phi) is 3.99. The van der Waals surface area contributed by atoms with Gasteiger partial charge in [-0.2, -0.15) is 5.10 Å². The maximum absolute atomic E-state index is 4.44. The monoisotopic (exact) mass is 221 g/mol. The molecule has 1 N–H and O–H groups in total. The molecule has 1 saturated carbocycles. The van der Waals surface area contributed by atoms with Crippen LogP contribution in [0.25, 0.3) is 0 Å². The number of rotatable bonds is 4. The van der Waals surface area contributed by atoms with Gasteiger partial charge in [0.15, 0.2) is 0 Å². The Balaban J connectivity index is 2.08. The normalized spacial score (nSPS) is 25.9. The zero-order chi connectivity index (χ0) is 11.4. The average molecular weight is 221 g/mol. The molecule has 1 heterocycles. The van der Waals surface area contributed by atoms with Gasteiger partial charge >= 0.3 is 0 Å². The minimum Gasteiger partial charge on any atom is -0.316 e. The summed E-state index contributed by atoms with van der Waals surface area (Å²) in [5.41, 5.74) is 1.42. The highest BCUT2D eigenvalue weighted by molar-refractivity contribution is 5.15. The number of hydrogen-bond donors (Lipinski definition) is 1. The number of nitrogens with zero attached hydrogens (tertiary/aromatic N) is 2. The van der Waals surface area contributed by atoms with Crippen molar-refractivity contribution in [1.29, 1.82) is 0 Å². The van der Waals surface area contributed by atoms with Crippen LogP contribution in [0, 0.1) is 0 Å². The van der Waals surface area contributed by atoms with Crippen molar-refractivity contribution in [2.45, 2.75) is 57.5 Å². The third-order valence-electron chi connectivity index (χ3n) is 3.67. The number of hydrogen-bond acceptors (Lipinski definition) is 2. The van der Waals surface area contributed by atoms with Crippen LogP contribution in [0.4, 0.5) is 0 Å².